The molecule has 1 saturated heterocycles. The van der Waals surface area contributed by atoms with Crippen LogP contribution in [0.2, 0.25) is 0 Å². The minimum atomic E-state index is -0.00727. The highest BCUT2D eigenvalue weighted by atomic mass is 35.5. The number of carbonyl (C=O) groups is 1. The summed E-state index contributed by atoms with van der Waals surface area (Å²) < 4.78 is 5.69. The second-order valence-electron chi connectivity index (χ2n) is 3.88. The third kappa shape index (κ3) is 3.30. The lowest BCUT2D eigenvalue weighted by atomic mass is 10.1. The Kier molecular flexibility index (Phi) is 4.14. The lowest BCUT2D eigenvalue weighted by Gasteiger charge is -2.31. The maximum absolute atomic E-state index is 11.4. The summed E-state index contributed by atoms with van der Waals surface area (Å²) in [6.07, 6.45) is 4.85. The van der Waals surface area contributed by atoms with Crippen molar-refractivity contribution in [1.29, 1.82) is 0 Å². The van der Waals surface area contributed by atoms with E-state index in [1.807, 2.05) is 0 Å². The quantitative estimate of drug-likeness (QED) is 0.759. The monoisotopic (exact) mass is 255 g/mol. The predicted octanol–water partition coefficient (Wildman–Crippen LogP) is 1.09. The van der Waals surface area contributed by atoms with Gasteiger partial charge < -0.3 is 9.64 Å². The number of amides is 1. The van der Waals surface area contributed by atoms with Crippen molar-refractivity contribution in [1.82, 2.24) is 14.9 Å². The number of hydrogen-bond acceptors (Lipinski definition) is 4. The van der Waals surface area contributed by atoms with Crippen LogP contribution >= 0.6 is 11.6 Å². The number of rotatable bonds is 3. The van der Waals surface area contributed by atoms with Gasteiger partial charge in [0.25, 0.3) is 0 Å². The van der Waals surface area contributed by atoms with Gasteiger partial charge in [-0.25, -0.2) is 9.97 Å². The first kappa shape index (κ1) is 12.1. The molecule has 2 heterocycles. The number of halogens is 1. The summed E-state index contributed by atoms with van der Waals surface area (Å²) in [6.45, 7) is 1.39. The molecule has 0 saturated carbocycles. The number of nitrogens with zero attached hydrogens (tertiary/aromatic N) is 3. The minimum absolute atomic E-state index is 0.00727. The summed E-state index contributed by atoms with van der Waals surface area (Å²) in [5, 5.41) is 0. The van der Waals surface area contributed by atoms with Crippen molar-refractivity contribution < 1.29 is 9.53 Å². The van der Waals surface area contributed by atoms with E-state index in [0.29, 0.717) is 19.0 Å². The first-order valence-electron chi connectivity index (χ1n) is 5.56. The van der Waals surface area contributed by atoms with Crippen molar-refractivity contribution in [3.63, 3.8) is 0 Å². The van der Waals surface area contributed by atoms with Crippen LogP contribution < -0.4 is 4.74 Å². The topological polar surface area (TPSA) is 55.3 Å². The van der Waals surface area contributed by atoms with E-state index in [2.05, 4.69) is 9.97 Å². The van der Waals surface area contributed by atoms with Crippen molar-refractivity contribution in [3.05, 3.63) is 18.6 Å². The molecule has 1 fully saturated rings. The van der Waals surface area contributed by atoms with Crippen LogP contribution in [0.3, 0.4) is 0 Å². The fourth-order valence-corrected chi connectivity index (χ4v) is 2.00. The van der Waals surface area contributed by atoms with E-state index in [4.69, 9.17) is 16.3 Å². The van der Waals surface area contributed by atoms with Gasteiger partial charge in [-0.3, -0.25) is 4.79 Å². The van der Waals surface area contributed by atoms with Crippen LogP contribution in [0.4, 0.5) is 0 Å². The Bertz CT molecular complexity index is 366. The van der Waals surface area contributed by atoms with E-state index < -0.39 is 0 Å². The molecule has 0 unspecified atom stereocenters. The van der Waals surface area contributed by atoms with Crippen LogP contribution in [0.5, 0.6) is 5.88 Å². The molecule has 0 bridgehead atoms. The SMILES string of the molecule is O=C(CCl)N1CCC(Oc2ccncn2)CC1. The molecule has 6 heteroatoms. The van der Waals surface area contributed by atoms with Crippen LogP contribution in [0.15, 0.2) is 18.6 Å². The van der Waals surface area contributed by atoms with Crippen LogP contribution in [0, 0.1) is 0 Å². The summed E-state index contributed by atoms with van der Waals surface area (Å²) in [4.78, 5) is 21.0. The Hall–Kier alpha value is -1.36. The van der Waals surface area contributed by atoms with E-state index >= 15 is 0 Å². The summed E-state index contributed by atoms with van der Waals surface area (Å²) in [5.41, 5.74) is 0. The van der Waals surface area contributed by atoms with E-state index in [9.17, 15) is 4.79 Å². The zero-order valence-electron chi connectivity index (χ0n) is 9.38. The first-order valence-corrected chi connectivity index (χ1v) is 6.09. The van der Waals surface area contributed by atoms with Crippen molar-refractivity contribution >= 4 is 17.5 Å². The van der Waals surface area contributed by atoms with Crippen molar-refractivity contribution in [2.24, 2.45) is 0 Å². The van der Waals surface area contributed by atoms with Crippen molar-refractivity contribution in [2.75, 3.05) is 19.0 Å². The zero-order chi connectivity index (χ0) is 12.1. The highest BCUT2D eigenvalue weighted by Gasteiger charge is 2.23. The molecule has 1 aromatic rings. The molecular formula is C11H14ClN3O2. The molecule has 1 aliphatic rings. The standard InChI is InChI=1S/C11H14ClN3O2/c12-7-11(16)15-5-2-9(3-6-15)17-10-1-4-13-8-14-10/h1,4,8-9H,2-3,5-7H2. The van der Waals surface area contributed by atoms with E-state index in [0.717, 1.165) is 12.8 Å². The van der Waals surface area contributed by atoms with E-state index in [1.54, 1.807) is 17.2 Å². The second-order valence-corrected chi connectivity index (χ2v) is 4.15. The third-order valence-corrected chi connectivity index (χ3v) is 2.98. The molecule has 1 aliphatic heterocycles. The minimum Gasteiger partial charge on any atom is -0.474 e. The molecular weight excluding hydrogens is 242 g/mol. The van der Waals surface area contributed by atoms with Gasteiger partial charge in [0.15, 0.2) is 0 Å². The van der Waals surface area contributed by atoms with Gasteiger partial charge in [-0.15, -0.1) is 11.6 Å². The lowest BCUT2D eigenvalue weighted by Crippen LogP contribution is -2.42. The Labute approximate surface area is 105 Å². The maximum Gasteiger partial charge on any atom is 0.237 e. The Balaban J connectivity index is 1.82. The smallest absolute Gasteiger partial charge is 0.237 e. The van der Waals surface area contributed by atoms with Crippen LogP contribution in [-0.2, 0) is 4.79 Å². The third-order valence-electron chi connectivity index (χ3n) is 2.75. The molecule has 0 N–H and O–H groups in total. The van der Waals surface area contributed by atoms with Crippen LogP contribution in [-0.4, -0.2) is 45.8 Å². The van der Waals surface area contributed by atoms with Gasteiger partial charge in [-0.1, -0.05) is 0 Å². The number of likely N-dealkylation sites (tertiary alicyclic amines) is 1. The van der Waals surface area contributed by atoms with Gasteiger partial charge in [-0.05, 0) is 0 Å². The molecule has 1 aromatic heterocycles. The largest absolute Gasteiger partial charge is 0.474 e. The number of aromatic nitrogens is 2. The molecule has 0 aromatic carbocycles. The average Bonchev–Trinajstić information content (AvgIpc) is 2.40. The molecule has 1 amide bonds. The number of piperidine rings is 1. The van der Waals surface area contributed by atoms with Gasteiger partial charge in [0, 0.05) is 38.2 Å². The van der Waals surface area contributed by atoms with Crippen molar-refractivity contribution in [2.45, 2.75) is 18.9 Å². The second kappa shape index (κ2) is 5.82. The maximum atomic E-state index is 11.4. The normalized spacial score (nSPS) is 16.9. The average molecular weight is 256 g/mol. The summed E-state index contributed by atoms with van der Waals surface area (Å²) in [6, 6.07) is 1.73. The fraction of sp³-hybridized carbons (Fsp3) is 0.545. The summed E-state index contributed by atoms with van der Waals surface area (Å²) >= 11 is 5.51. The highest BCUT2D eigenvalue weighted by Crippen LogP contribution is 2.16. The zero-order valence-corrected chi connectivity index (χ0v) is 10.1. The number of ether oxygens (including phenoxy) is 1. The Morgan fingerprint density at radius 2 is 2.29 bits per heavy atom. The van der Waals surface area contributed by atoms with Gasteiger partial charge in [0.2, 0.25) is 11.8 Å². The number of hydrogen-bond donors (Lipinski definition) is 0. The summed E-state index contributed by atoms with van der Waals surface area (Å²) in [7, 11) is 0. The lowest BCUT2D eigenvalue weighted by molar-refractivity contribution is -0.130. The van der Waals surface area contributed by atoms with Crippen LogP contribution in [0.25, 0.3) is 0 Å². The molecule has 0 aliphatic carbocycles. The van der Waals surface area contributed by atoms with E-state index in [-0.39, 0.29) is 17.9 Å². The predicted molar refractivity (Wildman–Crippen MR) is 63.0 cm³/mol. The molecule has 0 radical (unpaired) electrons. The van der Waals surface area contributed by atoms with Gasteiger partial charge in [0.1, 0.15) is 18.3 Å². The van der Waals surface area contributed by atoms with Gasteiger partial charge in [0.05, 0.1) is 0 Å². The summed E-state index contributed by atoms with van der Waals surface area (Å²) in [5.74, 6) is 0.631. The Morgan fingerprint density at radius 3 is 2.88 bits per heavy atom. The fourth-order valence-electron chi connectivity index (χ4n) is 1.83. The van der Waals surface area contributed by atoms with Crippen LogP contribution in [0.1, 0.15) is 12.8 Å². The highest BCUT2D eigenvalue weighted by molar-refractivity contribution is 6.27. The molecule has 2 rings (SSSR count). The molecule has 92 valence electrons. The van der Waals surface area contributed by atoms with Gasteiger partial charge >= 0.3 is 0 Å². The first-order chi connectivity index (χ1) is 8.29. The van der Waals surface area contributed by atoms with Crippen molar-refractivity contribution in [3.8, 4) is 5.88 Å². The number of alkyl halides is 1. The number of carbonyl (C=O) groups excluding carboxylic acids is 1. The molecule has 17 heavy (non-hydrogen) atoms. The molecule has 0 spiro atoms. The Morgan fingerprint density at radius 1 is 1.53 bits per heavy atom. The molecule has 5 nitrogen and oxygen atoms in total. The van der Waals surface area contributed by atoms with Gasteiger partial charge in [-0.2, -0.15) is 0 Å². The van der Waals surface area contributed by atoms with E-state index in [1.165, 1.54) is 6.33 Å². The molecule has 0 atom stereocenters.